The Morgan fingerprint density at radius 2 is 1.78 bits per heavy atom. The minimum Gasteiger partial charge on any atom is -0.497 e. The number of aliphatic hydroxyl groups excluding tert-OH is 1. The molecule has 0 saturated heterocycles. The third-order valence-corrected chi connectivity index (χ3v) is 3.65. The first kappa shape index (κ1) is 16.8. The molecule has 0 aliphatic heterocycles. The summed E-state index contributed by atoms with van der Waals surface area (Å²) in [5.74, 6) is 1.02. The van der Waals surface area contributed by atoms with Gasteiger partial charge in [-0.15, -0.1) is 0 Å². The molecule has 2 N–H and O–H groups in total. The maximum Gasteiger partial charge on any atom is 0.251 e. The highest BCUT2D eigenvalue weighted by Crippen LogP contribution is 2.19. The van der Waals surface area contributed by atoms with E-state index in [0.717, 1.165) is 11.3 Å². The molecule has 0 heterocycles. The molecule has 5 nitrogen and oxygen atoms in total. The molecule has 2 aromatic carbocycles. The molecule has 122 valence electrons. The Morgan fingerprint density at radius 1 is 1.09 bits per heavy atom. The Bertz CT molecular complexity index is 640. The molecule has 1 atom stereocenters. The topological polar surface area (TPSA) is 67.8 Å². The average molecular weight is 315 g/mol. The number of amides is 1. The van der Waals surface area contributed by atoms with Crippen molar-refractivity contribution >= 4 is 5.91 Å². The van der Waals surface area contributed by atoms with E-state index in [2.05, 4.69) is 5.32 Å². The van der Waals surface area contributed by atoms with Crippen molar-refractivity contribution in [1.29, 1.82) is 0 Å². The van der Waals surface area contributed by atoms with Gasteiger partial charge in [0.1, 0.15) is 11.5 Å². The lowest BCUT2D eigenvalue weighted by Gasteiger charge is -2.16. The summed E-state index contributed by atoms with van der Waals surface area (Å²) >= 11 is 0. The van der Waals surface area contributed by atoms with Gasteiger partial charge < -0.3 is 19.9 Å². The van der Waals surface area contributed by atoms with Crippen LogP contribution in [0.3, 0.4) is 0 Å². The summed E-state index contributed by atoms with van der Waals surface area (Å²) in [4.78, 5) is 12.2. The van der Waals surface area contributed by atoms with E-state index in [1.807, 2.05) is 24.3 Å². The molecule has 0 aliphatic carbocycles. The van der Waals surface area contributed by atoms with Gasteiger partial charge in [-0.05, 0) is 35.9 Å². The van der Waals surface area contributed by atoms with Crippen molar-refractivity contribution in [2.75, 3.05) is 27.4 Å². The summed E-state index contributed by atoms with van der Waals surface area (Å²) in [6.07, 6.45) is 0. The van der Waals surface area contributed by atoms with Gasteiger partial charge in [0.15, 0.2) is 0 Å². The maximum atomic E-state index is 12.2. The Labute approximate surface area is 135 Å². The Hall–Kier alpha value is -2.53. The zero-order chi connectivity index (χ0) is 16.7. The van der Waals surface area contributed by atoms with E-state index in [1.165, 1.54) is 0 Å². The van der Waals surface area contributed by atoms with Crippen molar-refractivity contribution in [2.24, 2.45) is 0 Å². The van der Waals surface area contributed by atoms with Crippen LogP contribution >= 0.6 is 0 Å². The molecule has 0 radical (unpaired) electrons. The number of nitrogens with one attached hydrogen (secondary N) is 1. The zero-order valence-electron chi connectivity index (χ0n) is 13.3. The van der Waals surface area contributed by atoms with Gasteiger partial charge in [-0.3, -0.25) is 4.79 Å². The lowest BCUT2D eigenvalue weighted by atomic mass is 9.99. The number of benzene rings is 2. The number of rotatable bonds is 7. The van der Waals surface area contributed by atoms with Crippen LogP contribution in [0.4, 0.5) is 0 Å². The van der Waals surface area contributed by atoms with Crippen LogP contribution in [0.1, 0.15) is 21.8 Å². The highest BCUT2D eigenvalue weighted by molar-refractivity contribution is 5.94. The average Bonchev–Trinajstić information content (AvgIpc) is 2.62. The molecule has 2 aromatic rings. The monoisotopic (exact) mass is 315 g/mol. The second-order valence-electron chi connectivity index (χ2n) is 5.09. The number of hydrogen-bond donors (Lipinski definition) is 2. The summed E-state index contributed by atoms with van der Waals surface area (Å²) in [6.45, 7) is 0.295. The van der Waals surface area contributed by atoms with E-state index in [0.29, 0.717) is 17.9 Å². The molecule has 0 saturated carbocycles. The lowest BCUT2D eigenvalue weighted by Crippen LogP contribution is -2.29. The van der Waals surface area contributed by atoms with Crippen molar-refractivity contribution in [3.05, 3.63) is 59.7 Å². The van der Waals surface area contributed by atoms with Crippen molar-refractivity contribution in [1.82, 2.24) is 5.32 Å². The van der Waals surface area contributed by atoms with Crippen LogP contribution in [0.5, 0.6) is 11.5 Å². The van der Waals surface area contributed by atoms with Crippen molar-refractivity contribution in [3.63, 3.8) is 0 Å². The van der Waals surface area contributed by atoms with Gasteiger partial charge in [-0.2, -0.15) is 0 Å². The largest absolute Gasteiger partial charge is 0.497 e. The van der Waals surface area contributed by atoms with Gasteiger partial charge in [-0.1, -0.05) is 18.2 Å². The number of methoxy groups -OCH3 is 2. The fourth-order valence-corrected chi connectivity index (χ4v) is 2.25. The Kier molecular flexibility index (Phi) is 6.00. The third kappa shape index (κ3) is 4.47. The molecule has 5 heteroatoms. The summed E-state index contributed by atoms with van der Waals surface area (Å²) < 4.78 is 10.2. The van der Waals surface area contributed by atoms with Crippen molar-refractivity contribution in [2.45, 2.75) is 5.92 Å². The van der Waals surface area contributed by atoms with Gasteiger partial charge in [0.05, 0.1) is 20.8 Å². The van der Waals surface area contributed by atoms with Gasteiger partial charge in [0.25, 0.3) is 5.91 Å². The first-order valence-electron chi connectivity index (χ1n) is 7.35. The number of ether oxygens (including phenoxy) is 2. The second kappa shape index (κ2) is 8.19. The van der Waals surface area contributed by atoms with Crippen LogP contribution in [0.2, 0.25) is 0 Å². The van der Waals surface area contributed by atoms with Crippen LogP contribution in [0.15, 0.2) is 48.5 Å². The number of carbonyl (C=O) groups is 1. The first-order chi connectivity index (χ1) is 11.2. The van der Waals surface area contributed by atoms with Crippen molar-refractivity contribution in [3.8, 4) is 11.5 Å². The minimum absolute atomic E-state index is 0.0509. The van der Waals surface area contributed by atoms with Crippen LogP contribution in [-0.2, 0) is 0 Å². The summed E-state index contributed by atoms with van der Waals surface area (Å²) in [7, 11) is 3.16. The van der Waals surface area contributed by atoms with Gasteiger partial charge in [0.2, 0.25) is 0 Å². The van der Waals surface area contributed by atoms with E-state index in [1.54, 1.807) is 38.5 Å². The predicted molar refractivity (Wildman–Crippen MR) is 88.1 cm³/mol. The molecular formula is C18H21NO4. The van der Waals surface area contributed by atoms with Crippen LogP contribution < -0.4 is 14.8 Å². The quantitative estimate of drug-likeness (QED) is 0.822. The van der Waals surface area contributed by atoms with Crippen molar-refractivity contribution < 1.29 is 19.4 Å². The molecule has 23 heavy (non-hydrogen) atoms. The highest BCUT2D eigenvalue weighted by atomic mass is 16.5. The fourth-order valence-electron chi connectivity index (χ4n) is 2.25. The van der Waals surface area contributed by atoms with E-state index in [4.69, 9.17) is 9.47 Å². The predicted octanol–water partition coefficient (Wildman–Crippen LogP) is 2.21. The molecule has 0 fully saturated rings. The minimum atomic E-state index is -0.198. The molecule has 0 bridgehead atoms. The first-order valence-corrected chi connectivity index (χ1v) is 7.35. The maximum absolute atomic E-state index is 12.2. The molecule has 1 amide bonds. The van der Waals surface area contributed by atoms with Gasteiger partial charge >= 0.3 is 0 Å². The van der Waals surface area contributed by atoms with Gasteiger partial charge in [0, 0.05) is 18.0 Å². The Morgan fingerprint density at radius 3 is 2.39 bits per heavy atom. The SMILES string of the molecule is COc1ccc([C@H](CO)CNC(=O)c2cccc(OC)c2)cc1. The standard InChI is InChI=1S/C18H21NO4/c1-22-16-8-6-13(7-9-16)15(12-20)11-19-18(21)14-4-3-5-17(10-14)23-2/h3-10,15,20H,11-12H2,1-2H3,(H,19,21)/t15-/m0/s1. The molecule has 2 rings (SSSR count). The lowest BCUT2D eigenvalue weighted by molar-refractivity contribution is 0.0947. The molecular weight excluding hydrogens is 294 g/mol. The van der Waals surface area contributed by atoms with Gasteiger partial charge in [-0.25, -0.2) is 0 Å². The van der Waals surface area contributed by atoms with Crippen LogP contribution in [0, 0.1) is 0 Å². The number of aliphatic hydroxyl groups is 1. The van der Waals surface area contributed by atoms with E-state index >= 15 is 0 Å². The highest BCUT2D eigenvalue weighted by Gasteiger charge is 2.13. The smallest absolute Gasteiger partial charge is 0.251 e. The summed E-state index contributed by atoms with van der Waals surface area (Å²) in [6, 6.07) is 14.4. The van der Waals surface area contributed by atoms with Crippen LogP contribution in [-0.4, -0.2) is 38.4 Å². The Balaban J connectivity index is 2.00. The zero-order valence-corrected chi connectivity index (χ0v) is 13.3. The molecule has 0 aromatic heterocycles. The van der Waals surface area contributed by atoms with E-state index < -0.39 is 0 Å². The molecule has 0 aliphatic rings. The number of hydrogen-bond acceptors (Lipinski definition) is 4. The normalized spacial score (nSPS) is 11.6. The molecule has 0 unspecified atom stereocenters. The second-order valence-corrected chi connectivity index (χ2v) is 5.09. The van der Waals surface area contributed by atoms with Crippen LogP contribution in [0.25, 0.3) is 0 Å². The molecule has 0 spiro atoms. The number of carbonyl (C=O) groups excluding carboxylic acids is 1. The summed E-state index contributed by atoms with van der Waals surface area (Å²) in [5, 5.41) is 12.4. The van der Waals surface area contributed by atoms with E-state index in [-0.39, 0.29) is 18.4 Å². The fraction of sp³-hybridized carbons (Fsp3) is 0.278. The summed E-state index contributed by atoms with van der Waals surface area (Å²) in [5.41, 5.74) is 1.47. The third-order valence-electron chi connectivity index (χ3n) is 3.65. The van der Waals surface area contributed by atoms with E-state index in [9.17, 15) is 9.90 Å².